The number of ether oxygens (including phenoxy) is 1. The molecule has 0 aliphatic carbocycles. The van der Waals surface area contributed by atoms with E-state index in [2.05, 4.69) is 20.0 Å². The lowest BCUT2D eigenvalue weighted by Gasteiger charge is -2.19. The second kappa shape index (κ2) is 9.97. The monoisotopic (exact) mass is 608 g/mol. The fourth-order valence-corrected chi connectivity index (χ4v) is 8.05. The smallest absolute Gasteiger partial charge is 0.336 e. The Balaban J connectivity index is 1.38. The van der Waals surface area contributed by atoms with Gasteiger partial charge in [-0.25, -0.2) is 10.1 Å². The summed E-state index contributed by atoms with van der Waals surface area (Å²) in [5.41, 5.74) is 2.26. The van der Waals surface area contributed by atoms with Crippen LogP contribution in [0.2, 0.25) is 5.28 Å². The van der Waals surface area contributed by atoms with Gasteiger partial charge in [0.05, 0.1) is 17.4 Å². The molecule has 0 saturated carbocycles. The summed E-state index contributed by atoms with van der Waals surface area (Å²) in [5, 5.41) is 25.4. The van der Waals surface area contributed by atoms with Gasteiger partial charge < -0.3 is 29.6 Å². The van der Waals surface area contributed by atoms with Gasteiger partial charge in [0.25, 0.3) is 7.52 Å². The Labute approximate surface area is 230 Å². The highest BCUT2D eigenvalue weighted by Crippen LogP contribution is 2.52. The van der Waals surface area contributed by atoms with Gasteiger partial charge >= 0.3 is 7.60 Å². The fraction of sp³-hybridized carbons (Fsp3) is 0.261. The van der Waals surface area contributed by atoms with Gasteiger partial charge in [-0.3, -0.25) is 18.3 Å². The lowest BCUT2D eigenvalue weighted by atomic mass is 10.1. The number of nitrogens with one attached hydrogen (secondary N) is 1. The molecule has 5 aromatic rings. The van der Waals surface area contributed by atoms with E-state index < -0.39 is 52.1 Å². The molecule has 4 heterocycles. The van der Waals surface area contributed by atoms with Crippen LogP contribution in [0.5, 0.6) is 0 Å². The van der Waals surface area contributed by atoms with E-state index in [0.717, 1.165) is 21.8 Å². The highest BCUT2D eigenvalue weighted by Gasteiger charge is 2.45. The van der Waals surface area contributed by atoms with E-state index >= 15 is 0 Å². The largest absolute Gasteiger partial charge is 0.387 e. The van der Waals surface area contributed by atoms with Crippen LogP contribution in [0.25, 0.3) is 38.8 Å². The second-order valence-corrected chi connectivity index (χ2v) is 13.9. The molecule has 5 atom stereocenters. The molecular weight excluding hydrogens is 586 g/mol. The summed E-state index contributed by atoms with van der Waals surface area (Å²) in [6.45, 7) is -0.475. The molecule has 17 heteroatoms. The zero-order valence-corrected chi connectivity index (χ0v) is 22.9. The number of halogens is 1. The first-order valence-corrected chi connectivity index (χ1v) is 16.0. The Bertz CT molecular complexity index is 1800. The molecule has 1 saturated heterocycles. The number of nitrogens with zero attached hydrogens (tertiary/aromatic N) is 5. The van der Waals surface area contributed by atoms with Crippen LogP contribution >= 0.6 is 26.7 Å². The Hall–Kier alpha value is -2.74. The van der Waals surface area contributed by atoms with Crippen molar-refractivity contribution in [1.29, 1.82) is 0 Å². The van der Waals surface area contributed by atoms with Crippen LogP contribution in [0, 0.1) is 0 Å². The van der Waals surface area contributed by atoms with Gasteiger partial charge in [-0.1, -0.05) is 36.4 Å². The number of para-hydroxylation sites is 2. The van der Waals surface area contributed by atoms with Crippen LogP contribution in [0.1, 0.15) is 6.23 Å². The van der Waals surface area contributed by atoms with E-state index in [0.29, 0.717) is 11.3 Å². The third-order valence-corrected chi connectivity index (χ3v) is 10.5. The summed E-state index contributed by atoms with van der Waals surface area (Å²) < 4.78 is 32.4. The summed E-state index contributed by atoms with van der Waals surface area (Å²) >= 11 is 6.36. The number of benzene rings is 2. The Morgan fingerprint density at radius 3 is 2.20 bits per heavy atom. The van der Waals surface area contributed by atoms with E-state index in [-0.39, 0.29) is 10.9 Å². The maximum atomic E-state index is 12.1. The van der Waals surface area contributed by atoms with Crippen LogP contribution in [-0.4, -0.2) is 79.7 Å². The van der Waals surface area contributed by atoms with E-state index in [1.807, 2.05) is 53.1 Å². The quantitative estimate of drug-likeness (QED) is 0.116. The average Bonchev–Trinajstić information content (AvgIpc) is 3.53. The number of aromatic nitrogens is 5. The lowest BCUT2D eigenvalue weighted by molar-refractivity contribution is -0.0331. The highest BCUT2D eigenvalue weighted by atomic mass is 35.5. The van der Waals surface area contributed by atoms with E-state index in [9.17, 15) is 24.2 Å². The molecule has 3 unspecified atom stereocenters. The molecule has 6 rings (SSSR count). The predicted molar refractivity (Wildman–Crippen MR) is 145 cm³/mol. The van der Waals surface area contributed by atoms with Crippen LogP contribution in [-0.2, 0) is 13.9 Å². The molecule has 2 aromatic carbocycles. The first-order valence-electron chi connectivity index (χ1n) is 12.0. The second-order valence-electron chi connectivity index (χ2n) is 9.43. The highest BCUT2D eigenvalue weighted by molar-refractivity contribution is 7.71. The van der Waals surface area contributed by atoms with Gasteiger partial charge in [-0.05, 0) is 23.7 Å². The fourth-order valence-electron chi connectivity index (χ4n) is 5.03. The van der Waals surface area contributed by atoms with E-state index in [4.69, 9.17) is 26.1 Å². The Morgan fingerprint density at radius 2 is 1.57 bits per heavy atom. The van der Waals surface area contributed by atoms with E-state index in [1.165, 1.54) is 10.9 Å². The topological polar surface area (TPSA) is 205 Å². The molecule has 14 nitrogen and oxygen atoms in total. The van der Waals surface area contributed by atoms with Crippen molar-refractivity contribution >= 4 is 59.7 Å². The molecule has 3 aromatic heterocycles. The molecule has 40 heavy (non-hydrogen) atoms. The summed E-state index contributed by atoms with van der Waals surface area (Å²) in [7, 11) is -9.24. The van der Waals surface area contributed by atoms with Crippen molar-refractivity contribution in [2.75, 3.05) is 12.4 Å². The minimum Gasteiger partial charge on any atom is -0.387 e. The van der Waals surface area contributed by atoms with Gasteiger partial charge in [0.15, 0.2) is 23.2 Å². The first kappa shape index (κ1) is 27.4. The van der Waals surface area contributed by atoms with Crippen molar-refractivity contribution in [3.05, 3.63) is 60.1 Å². The number of hydrogen-bond donors (Lipinski definition) is 6. The van der Waals surface area contributed by atoms with Crippen LogP contribution in [0.15, 0.2) is 54.9 Å². The van der Waals surface area contributed by atoms with Crippen molar-refractivity contribution < 1.29 is 38.8 Å². The third kappa shape index (κ3) is 4.86. The van der Waals surface area contributed by atoms with E-state index in [1.54, 1.807) is 0 Å². The molecule has 1 aliphatic heterocycles. The number of imidazole rings is 1. The molecule has 0 bridgehead atoms. The number of aliphatic hydroxyl groups is 2. The molecule has 6 N–H and O–H groups in total. The SMILES string of the molecule is O=P(O)(O)CP(=O)(O)NC[C@H]1O[C@@H](n2cnc3c(-n4c5ccccc5c5ccccc54)nc(Cl)nc32)C(O)C1O. The number of hydrogen-bond acceptors (Lipinski definition) is 8. The standard InChI is InChI=1S/C23H23ClN6O8P2/c24-23-27-20-17(21(28-23)30-14-7-3-1-5-12(14)13-6-2-4-8-15(13)30)25-10-29(20)22-19(32)18(31)16(38-22)9-26-39(33,34)11-40(35,36)37/h1-8,10,16,18-19,22,31-32H,9,11H2,(H2,26,33,34)(H2,35,36,37)/t16-,18?,19?,22-/m1/s1. The number of rotatable bonds is 7. The maximum Gasteiger partial charge on any atom is 0.336 e. The number of aliphatic hydroxyl groups excluding tert-OH is 2. The predicted octanol–water partition coefficient (Wildman–Crippen LogP) is 2.11. The van der Waals surface area contributed by atoms with Crippen molar-refractivity contribution in [2.45, 2.75) is 24.5 Å². The van der Waals surface area contributed by atoms with Crippen molar-refractivity contribution in [2.24, 2.45) is 0 Å². The minimum absolute atomic E-state index is 0.101. The minimum atomic E-state index is -4.79. The van der Waals surface area contributed by atoms with Gasteiger partial charge in [-0.15, -0.1) is 0 Å². The lowest BCUT2D eigenvalue weighted by Crippen LogP contribution is -2.37. The summed E-state index contributed by atoms with van der Waals surface area (Å²) in [6, 6.07) is 15.6. The first-order chi connectivity index (χ1) is 18.9. The molecule has 210 valence electrons. The zero-order valence-electron chi connectivity index (χ0n) is 20.4. The molecule has 1 aliphatic rings. The summed E-state index contributed by atoms with van der Waals surface area (Å²) in [6.07, 6.45) is -4.09. The third-order valence-electron chi connectivity index (χ3n) is 6.69. The van der Waals surface area contributed by atoms with Crippen LogP contribution in [0.3, 0.4) is 0 Å². The van der Waals surface area contributed by atoms with Crippen LogP contribution < -0.4 is 5.09 Å². The van der Waals surface area contributed by atoms with Gasteiger partial charge in [-0.2, -0.15) is 9.97 Å². The number of fused-ring (bicyclic) bond motifs is 4. The molecule has 0 spiro atoms. The molecule has 0 radical (unpaired) electrons. The van der Waals surface area contributed by atoms with Crippen LogP contribution in [0.4, 0.5) is 0 Å². The van der Waals surface area contributed by atoms with Crippen molar-refractivity contribution in [3.63, 3.8) is 0 Å². The maximum absolute atomic E-state index is 12.1. The molecule has 1 fully saturated rings. The molecule has 0 amide bonds. The van der Waals surface area contributed by atoms with Crippen molar-refractivity contribution in [3.8, 4) is 5.82 Å². The normalized spacial score (nSPS) is 23.4. The van der Waals surface area contributed by atoms with Gasteiger partial charge in [0, 0.05) is 17.3 Å². The van der Waals surface area contributed by atoms with Gasteiger partial charge in [0.1, 0.15) is 24.2 Å². The molecular formula is C23H23ClN6O8P2. The average molecular weight is 609 g/mol. The summed E-state index contributed by atoms with van der Waals surface area (Å²) in [4.78, 5) is 41.2. The summed E-state index contributed by atoms with van der Waals surface area (Å²) in [5.74, 6) is -0.905. The Morgan fingerprint density at radius 1 is 0.950 bits per heavy atom. The zero-order chi connectivity index (χ0) is 28.4. The Kier molecular flexibility index (Phi) is 6.83. The van der Waals surface area contributed by atoms with Gasteiger partial charge in [0.2, 0.25) is 5.28 Å². The van der Waals surface area contributed by atoms with Crippen molar-refractivity contribution in [1.82, 2.24) is 29.2 Å².